The number of rotatable bonds is 6. The van der Waals surface area contributed by atoms with Crippen molar-refractivity contribution in [2.75, 3.05) is 37.0 Å². The number of likely N-dealkylation sites (N-methyl/N-ethyl adjacent to an activating group) is 1. The molecule has 0 bridgehead atoms. The maximum Gasteiger partial charge on any atom is 0.168 e. The van der Waals surface area contributed by atoms with E-state index in [9.17, 15) is 8.78 Å². The number of anilines is 2. The highest BCUT2D eigenvalue weighted by atomic mass is 19.1. The van der Waals surface area contributed by atoms with Crippen molar-refractivity contribution in [1.82, 2.24) is 4.98 Å². The van der Waals surface area contributed by atoms with Crippen molar-refractivity contribution in [1.29, 1.82) is 0 Å². The lowest BCUT2D eigenvalue weighted by Crippen LogP contribution is -2.30. The van der Waals surface area contributed by atoms with E-state index in [0.717, 1.165) is 31.9 Å². The average molecular weight is 285 g/mol. The van der Waals surface area contributed by atoms with Crippen LogP contribution in [-0.2, 0) is 4.74 Å². The van der Waals surface area contributed by atoms with E-state index in [1.807, 2.05) is 6.92 Å². The van der Waals surface area contributed by atoms with Gasteiger partial charge in [-0.3, -0.25) is 0 Å². The minimum atomic E-state index is -0.662. The standard InChI is InChI=1S/C14H21F2N3O/c1-3-6-17-13-11(15)8-12(16)14(18-13)19(2)9-10-5-4-7-20-10/h8,10H,3-7,9H2,1-2H3,(H,17,18). The van der Waals surface area contributed by atoms with E-state index in [1.54, 1.807) is 11.9 Å². The van der Waals surface area contributed by atoms with Gasteiger partial charge in [0.1, 0.15) is 0 Å². The molecule has 20 heavy (non-hydrogen) atoms. The van der Waals surface area contributed by atoms with Crippen LogP contribution in [-0.4, -0.2) is 37.8 Å². The van der Waals surface area contributed by atoms with Crippen LogP contribution < -0.4 is 10.2 Å². The van der Waals surface area contributed by atoms with Crippen molar-refractivity contribution >= 4 is 11.6 Å². The Labute approximate surface area is 118 Å². The molecule has 2 heterocycles. The Morgan fingerprint density at radius 1 is 1.45 bits per heavy atom. The fourth-order valence-corrected chi connectivity index (χ4v) is 2.27. The highest BCUT2D eigenvalue weighted by Gasteiger charge is 2.21. The Hall–Kier alpha value is -1.43. The summed E-state index contributed by atoms with van der Waals surface area (Å²) in [6.07, 6.45) is 2.94. The molecular weight excluding hydrogens is 264 g/mol. The molecule has 0 radical (unpaired) electrons. The van der Waals surface area contributed by atoms with Crippen LogP contribution in [0.25, 0.3) is 0 Å². The summed E-state index contributed by atoms with van der Waals surface area (Å²) in [6, 6.07) is 0.881. The van der Waals surface area contributed by atoms with Crippen LogP contribution in [0.2, 0.25) is 0 Å². The zero-order chi connectivity index (χ0) is 14.5. The Kier molecular flexibility index (Phi) is 5.11. The molecule has 1 aromatic rings. The SMILES string of the molecule is CCCNc1nc(N(C)CC2CCCO2)c(F)cc1F. The summed E-state index contributed by atoms with van der Waals surface area (Å²) in [6.45, 7) is 3.88. The van der Waals surface area contributed by atoms with Crippen LogP contribution in [0.4, 0.5) is 20.4 Å². The predicted octanol–water partition coefficient (Wildman–Crippen LogP) is 2.80. The summed E-state index contributed by atoms with van der Waals surface area (Å²) >= 11 is 0. The van der Waals surface area contributed by atoms with Gasteiger partial charge in [0.15, 0.2) is 23.3 Å². The van der Waals surface area contributed by atoms with Gasteiger partial charge in [-0.2, -0.15) is 0 Å². The highest BCUT2D eigenvalue weighted by Crippen LogP contribution is 2.23. The summed E-state index contributed by atoms with van der Waals surface area (Å²) in [5.74, 6) is -1.06. The largest absolute Gasteiger partial charge is 0.376 e. The van der Waals surface area contributed by atoms with Crippen LogP contribution in [0.3, 0.4) is 0 Å². The number of ether oxygens (including phenoxy) is 1. The molecule has 1 unspecified atom stereocenters. The molecular formula is C14H21F2N3O. The van der Waals surface area contributed by atoms with E-state index in [0.29, 0.717) is 13.1 Å². The number of nitrogens with one attached hydrogen (secondary N) is 1. The second-order valence-corrected chi connectivity index (χ2v) is 5.07. The third-order valence-corrected chi connectivity index (χ3v) is 3.32. The lowest BCUT2D eigenvalue weighted by molar-refractivity contribution is 0.116. The third-order valence-electron chi connectivity index (χ3n) is 3.32. The second kappa shape index (κ2) is 6.83. The summed E-state index contributed by atoms with van der Waals surface area (Å²) < 4.78 is 33.0. The highest BCUT2D eigenvalue weighted by molar-refractivity contribution is 5.49. The summed E-state index contributed by atoms with van der Waals surface area (Å²) in [5.41, 5.74) is 0. The van der Waals surface area contributed by atoms with Crippen molar-refractivity contribution in [3.63, 3.8) is 0 Å². The van der Waals surface area contributed by atoms with Crippen molar-refractivity contribution < 1.29 is 13.5 Å². The van der Waals surface area contributed by atoms with Gasteiger partial charge in [0.25, 0.3) is 0 Å². The van der Waals surface area contributed by atoms with Gasteiger partial charge in [-0.15, -0.1) is 0 Å². The van der Waals surface area contributed by atoms with Crippen LogP contribution in [0.15, 0.2) is 6.07 Å². The number of pyridine rings is 1. The zero-order valence-corrected chi connectivity index (χ0v) is 12.0. The van der Waals surface area contributed by atoms with Gasteiger partial charge in [0.05, 0.1) is 6.10 Å². The van der Waals surface area contributed by atoms with Gasteiger partial charge >= 0.3 is 0 Å². The molecule has 0 aromatic carbocycles. The fourth-order valence-electron chi connectivity index (χ4n) is 2.27. The maximum atomic E-state index is 13.9. The summed E-state index contributed by atoms with van der Waals surface area (Å²) in [4.78, 5) is 5.74. The maximum absolute atomic E-state index is 13.9. The number of nitrogens with zero attached hydrogens (tertiary/aromatic N) is 2. The van der Waals surface area contributed by atoms with Gasteiger partial charge in [-0.05, 0) is 19.3 Å². The van der Waals surface area contributed by atoms with Crippen LogP contribution in [0.5, 0.6) is 0 Å². The molecule has 0 amide bonds. The average Bonchev–Trinajstić information content (AvgIpc) is 2.90. The van der Waals surface area contributed by atoms with Crippen molar-refractivity contribution in [3.05, 3.63) is 17.7 Å². The van der Waals surface area contributed by atoms with Crippen molar-refractivity contribution in [2.45, 2.75) is 32.3 Å². The number of hydrogen-bond donors (Lipinski definition) is 1. The quantitative estimate of drug-likeness (QED) is 0.872. The number of aromatic nitrogens is 1. The molecule has 0 saturated carbocycles. The van der Waals surface area contributed by atoms with Gasteiger partial charge in [0.2, 0.25) is 0 Å². The van der Waals surface area contributed by atoms with Gasteiger partial charge in [0, 0.05) is 32.8 Å². The monoisotopic (exact) mass is 285 g/mol. The minimum absolute atomic E-state index is 0.0957. The van der Waals surface area contributed by atoms with E-state index in [1.165, 1.54) is 0 Å². The van der Waals surface area contributed by atoms with Crippen LogP contribution >= 0.6 is 0 Å². The van der Waals surface area contributed by atoms with E-state index in [-0.39, 0.29) is 17.7 Å². The van der Waals surface area contributed by atoms with E-state index in [2.05, 4.69) is 10.3 Å². The molecule has 1 fully saturated rings. The Morgan fingerprint density at radius 2 is 2.25 bits per heavy atom. The molecule has 0 spiro atoms. The lowest BCUT2D eigenvalue weighted by atomic mass is 10.2. The Morgan fingerprint density at radius 3 is 2.90 bits per heavy atom. The van der Waals surface area contributed by atoms with Crippen molar-refractivity contribution in [3.8, 4) is 0 Å². The Balaban J connectivity index is 2.12. The molecule has 0 aliphatic carbocycles. The zero-order valence-electron chi connectivity index (χ0n) is 12.0. The molecule has 1 saturated heterocycles. The molecule has 2 rings (SSSR count). The molecule has 1 aromatic heterocycles. The number of halogens is 2. The fraction of sp³-hybridized carbons (Fsp3) is 0.643. The smallest absolute Gasteiger partial charge is 0.168 e. The second-order valence-electron chi connectivity index (χ2n) is 5.07. The lowest BCUT2D eigenvalue weighted by Gasteiger charge is -2.22. The first-order valence-corrected chi connectivity index (χ1v) is 7.04. The van der Waals surface area contributed by atoms with Gasteiger partial charge in [-0.25, -0.2) is 13.8 Å². The first-order chi connectivity index (χ1) is 9.61. The Bertz CT molecular complexity index is 450. The minimum Gasteiger partial charge on any atom is -0.376 e. The molecule has 1 atom stereocenters. The van der Waals surface area contributed by atoms with E-state index >= 15 is 0 Å². The molecule has 1 N–H and O–H groups in total. The molecule has 4 nitrogen and oxygen atoms in total. The van der Waals surface area contributed by atoms with E-state index < -0.39 is 11.6 Å². The molecule has 6 heteroatoms. The molecule has 1 aliphatic rings. The van der Waals surface area contributed by atoms with Crippen molar-refractivity contribution in [2.24, 2.45) is 0 Å². The first-order valence-electron chi connectivity index (χ1n) is 7.04. The van der Waals surface area contributed by atoms with E-state index in [4.69, 9.17) is 4.74 Å². The van der Waals surface area contributed by atoms with Crippen LogP contribution in [0, 0.1) is 11.6 Å². The molecule has 112 valence electrons. The predicted molar refractivity (Wildman–Crippen MR) is 75.2 cm³/mol. The number of hydrogen-bond acceptors (Lipinski definition) is 4. The normalized spacial score (nSPS) is 18.3. The topological polar surface area (TPSA) is 37.4 Å². The van der Waals surface area contributed by atoms with Gasteiger partial charge < -0.3 is 15.0 Å². The van der Waals surface area contributed by atoms with Gasteiger partial charge in [-0.1, -0.05) is 6.92 Å². The third kappa shape index (κ3) is 3.56. The van der Waals surface area contributed by atoms with Crippen LogP contribution in [0.1, 0.15) is 26.2 Å². The summed E-state index contributed by atoms with van der Waals surface area (Å²) in [5, 5.41) is 2.87. The summed E-state index contributed by atoms with van der Waals surface area (Å²) in [7, 11) is 1.74. The first kappa shape index (κ1) is 15.0. The molecule has 1 aliphatic heterocycles.